The largest absolute Gasteiger partial charge is 0.369 e. The highest BCUT2D eigenvalue weighted by molar-refractivity contribution is 6.34. The van der Waals surface area contributed by atoms with Gasteiger partial charge in [0.05, 0.1) is 5.52 Å². The van der Waals surface area contributed by atoms with E-state index in [1.54, 1.807) is 12.2 Å². The van der Waals surface area contributed by atoms with Gasteiger partial charge in [0, 0.05) is 42.8 Å². The molecule has 0 bridgehead atoms. The first kappa shape index (κ1) is 16.7. The molecule has 0 aliphatic carbocycles. The molecule has 0 N–H and O–H groups in total. The van der Waals surface area contributed by atoms with E-state index in [2.05, 4.69) is 52.1 Å². The van der Waals surface area contributed by atoms with Crippen LogP contribution in [0.15, 0.2) is 49.6 Å². The van der Waals surface area contributed by atoms with Gasteiger partial charge < -0.3 is 9.80 Å². The molecule has 2 heterocycles. The van der Waals surface area contributed by atoms with Gasteiger partial charge in [-0.3, -0.25) is 0 Å². The Kier molecular flexibility index (Phi) is 4.97. The van der Waals surface area contributed by atoms with Crippen molar-refractivity contribution in [2.75, 3.05) is 38.1 Å². The van der Waals surface area contributed by atoms with E-state index in [0.717, 1.165) is 42.7 Å². The van der Waals surface area contributed by atoms with Gasteiger partial charge in [-0.25, -0.2) is 9.97 Å². The summed E-state index contributed by atoms with van der Waals surface area (Å²) >= 11 is 6.43. The van der Waals surface area contributed by atoms with Crippen LogP contribution in [-0.4, -0.2) is 48.1 Å². The van der Waals surface area contributed by atoms with Crippen LogP contribution in [0.1, 0.15) is 5.82 Å². The van der Waals surface area contributed by atoms with E-state index in [1.165, 1.54) is 5.69 Å². The minimum Gasteiger partial charge on any atom is -0.369 e. The molecule has 0 radical (unpaired) electrons. The number of anilines is 1. The number of allylic oxidation sites excluding steroid dienone is 4. The molecule has 2 aromatic rings. The average Bonchev–Trinajstić information content (AvgIpc) is 2.60. The molecule has 0 saturated carbocycles. The SMILES string of the molecule is C=C/C=C(\C=C)c1nc(Cl)c2cc(N3CCN(C)CC3)ccc2n1. The van der Waals surface area contributed by atoms with Crippen molar-refractivity contribution in [3.05, 3.63) is 60.6 Å². The minimum atomic E-state index is 0.461. The molecular formula is C19H21ClN4. The van der Waals surface area contributed by atoms with Gasteiger partial charge in [0.1, 0.15) is 5.15 Å². The van der Waals surface area contributed by atoms with E-state index in [0.29, 0.717) is 11.0 Å². The maximum atomic E-state index is 6.43. The lowest BCUT2D eigenvalue weighted by molar-refractivity contribution is 0.313. The van der Waals surface area contributed by atoms with Gasteiger partial charge in [0.2, 0.25) is 0 Å². The van der Waals surface area contributed by atoms with Crippen molar-refractivity contribution in [1.82, 2.24) is 14.9 Å². The van der Waals surface area contributed by atoms with Crippen molar-refractivity contribution in [2.24, 2.45) is 0 Å². The lowest BCUT2D eigenvalue weighted by Gasteiger charge is -2.34. The summed E-state index contributed by atoms with van der Waals surface area (Å²) in [6, 6.07) is 6.19. The number of benzene rings is 1. The monoisotopic (exact) mass is 340 g/mol. The maximum absolute atomic E-state index is 6.43. The number of hydrogen-bond acceptors (Lipinski definition) is 4. The number of halogens is 1. The zero-order valence-electron chi connectivity index (χ0n) is 13.9. The molecule has 0 unspecified atom stereocenters. The van der Waals surface area contributed by atoms with Gasteiger partial charge in [-0.1, -0.05) is 43.0 Å². The second-order valence-corrected chi connectivity index (χ2v) is 6.25. The Hall–Kier alpha value is -2.17. The topological polar surface area (TPSA) is 32.3 Å². The van der Waals surface area contributed by atoms with Crippen LogP contribution in [0.25, 0.3) is 16.5 Å². The molecule has 1 saturated heterocycles. The molecule has 3 rings (SSSR count). The average molecular weight is 341 g/mol. The van der Waals surface area contributed by atoms with Crippen molar-refractivity contribution < 1.29 is 0 Å². The number of nitrogens with zero attached hydrogens (tertiary/aromatic N) is 4. The predicted molar refractivity (Wildman–Crippen MR) is 103 cm³/mol. The van der Waals surface area contributed by atoms with Crippen LogP contribution in [0.3, 0.4) is 0 Å². The summed E-state index contributed by atoms with van der Waals surface area (Å²) in [7, 11) is 2.15. The Morgan fingerprint density at radius 3 is 2.58 bits per heavy atom. The molecule has 1 aliphatic heterocycles. The van der Waals surface area contributed by atoms with Crippen molar-refractivity contribution >= 4 is 33.8 Å². The minimum absolute atomic E-state index is 0.461. The van der Waals surface area contributed by atoms with Gasteiger partial charge in [-0.15, -0.1) is 0 Å². The first-order chi connectivity index (χ1) is 11.6. The van der Waals surface area contributed by atoms with E-state index in [1.807, 2.05) is 12.1 Å². The molecule has 1 aliphatic rings. The summed E-state index contributed by atoms with van der Waals surface area (Å²) in [5.74, 6) is 0.565. The lowest BCUT2D eigenvalue weighted by atomic mass is 10.1. The van der Waals surface area contributed by atoms with Crippen molar-refractivity contribution in [1.29, 1.82) is 0 Å². The summed E-state index contributed by atoms with van der Waals surface area (Å²) in [6.45, 7) is 11.7. The van der Waals surface area contributed by atoms with Gasteiger partial charge in [-0.2, -0.15) is 0 Å². The normalized spacial score (nSPS) is 16.4. The zero-order valence-corrected chi connectivity index (χ0v) is 14.6. The third kappa shape index (κ3) is 3.35. The maximum Gasteiger partial charge on any atom is 0.161 e. The Morgan fingerprint density at radius 1 is 1.17 bits per heavy atom. The molecular weight excluding hydrogens is 320 g/mol. The van der Waals surface area contributed by atoms with E-state index in [-0.39, 0.29) is 0 Å². The number of rotatable bonds is 4. The first-order valence-electron chi connectivity index (χ1n) is 7.98. The molecule has 0 amide bonds. The molecule has 5 heteroatoms. The van der Waals surface area contributed by atoms with Crippen LogP contribution >= 0.6 is 11.6 Å². The summed E-state index contributed by atoms with van der Waals surface area (Å²) in [5.41, 5.74) is 2.80. The Balaban J connectivity index is 1.99. The van der Waals surface area contributed by atoms with Crippen LogP contribution in [0.5, 0.6) is 0 Å². The molecule has 0 spiro atoms. The van der Waals surface area contributed by atoms with E-state index >= 15 is 0 Å². The molecule has 1 aromatic carbocycles. The quantitative estimate of drug-likeness (QED) is 0.626. The standard InChI is InChI=1S/C19H21ClN4/c1-4-6-14(5-2)19-21-17-8-7-15(13-16(17)18(20)22-19)24-11-9-23(3)10-12-24/h4-8,13H,1-2,9-12H2,3H3/b14-6+. The highest BCUT2D eigenvalue weighted by Crippen LogP contribution is 2.28. The van der Waals surface area contributed by atoms with Gasteiger partial charge in [0.15, 0.2) is 5.82 Å². The van der Waals surface area contributed by atoms with Crippen LogP contribution in [0.4, 0.5) is 5.69 Å². The summed E-state index contributed by atoms with van der Waals surface area (Å²) < 4.78 is 0. The van der Waals surface area contributed by atoms with Crippen LogP contribution < -0.4 is 4.90 Å². The fourth-order valence-electron chi connectivity index (χ4n) is 2.83. The predicted octanol–water partition coefficient (Wildman–Crippen LogP) is 3.79. The van der Waals surface area contributed by atoms with Crippen LogP contribution in [0, 0.1) is 0 Å². The Labute approximate surface area is 147 Å². The fraction of sp³-hybridized carbons (Fsp3) is 0.263. The molecule has 124 valence electrons. The van der Waals surface area contributed by atoms with Crippen molar-refractivity contribution in [3.63, 3.8) is 0 Å². The van der Waals surface area contributed by atoms with E-state index < -0.39 is 0 Å². The number of piperazine rings is 1. The van der Waals surface area contributed by atoms with Gasteiger partial charge in [-0.05, 0) is 25.2 Å². The van der Waals surface area contributed by atoms with E-state index in [4.69, 9.17) is 11.6 Å². The molecule has 4 nitrogen and oxygen atoms in total. The highest BCUT2D eigenvalue weighted by Gasteiger charge is 2.16. The number of hydrogen-bond donors (Lipinski definition) is 0. The van der Waals surface area contributed by atoms with Crippen molar-refractivity contribution in [2.45, 2.75) is 0 Å². The smallest absolute Gasteiger partial charge is 0.161 e. The highest BCUT2D eigenvalue weighted by atomic mass is 35.5. The van der Waals surface area contributed by atoms with E-state index in [9.17, 15) is 0 Å². The van der Waals surface area contributed by atoms with Crippen LogP contribution in [0.2, 0.25) is 5.15 Å². The molecule has 1 fully saturated rings. The van der Waals surface area contributed by atoms with Gasteiger partial charge >= 0.3 is 0 Å². The second-order valence-electron chi connectivity index (χ2n) is 5.89. The third-order valence-corrected chi connectivity index (χ3v) is 4.56. The number of fused-ring (bicyclic) bond motifs is 1. The number of likely N-dealkylation sites (N-methyl/N-ethyl adjacent to an activating group) is 1. The fourth-order valence-corrected chi connectivity index (χ4v) is 3.06. The van der Waals surface area contributed by atoms with Crippen LogP contribution in [-0.2, 0) is 0 Å². The first-order valence-corrected chi connectivity index (χ1v) is 8.36. The summed E-state index contributed by atoms with van der Waals surface area (Å²) in [6.07, 6.45) is 5.22. The van der Waals surface area contributed by atoms with Crippen molar-refractivity contribution in [3.8, 4) is 0 Å². The number of aromatic nitrogens is 2. The lowest BCUT2D eigenvalue weighted by Crippen LogP contribution is -2.44. The summed E-state index contributed by atoms with van der Waals surface area (Å²) in [5, 5.41) is 1.33. The summed E-state index contributed by atoms with van der Waals surface area (Å²) in [4.78, 5) is 13.8. The third-order valence-electron chi connectivity index (χ3n) is 4.28. The second kappa shape index (κ2) is 7.16. The molecule has 0 atom stereocenters. The van der Waals surface area contributed by atoms with Gasteiger partial charge in [0.25, 0.3) is 0 Å². The molecule has 1 aromatic heterocycles. The Morgan fingerprint density at radius 2 is 1.92 bits per heavy atom. The Bertz CT molecular complexity index is 804. The zero-order chi connectivity index (χ0) is 17.1. The molecule has 24 heavy (non-hydrogen) atoms.